The fraction of sp³-hybridized carbons (Fsp3) is 0.231. The molecule has 1 aromatic carbocycles. The summed E-state index contributed by atoms with van der Waals surface area (Å²) in [5, 5.41) is 1.61. The van der Waals surface area contributed by atoms with Crippen molar-refractivity contribution in [3.05, 3.63) is 39.2 Å². The second-order valence-corrected chi connectivity index (χ2v) is 8.50. The standard InChI is InChI=1S/C13H13BrN2O3S2/c14-10-3-8-1-2-19-13(8)9(4-10)6-16-21(17,18)12-5-11(15)7-20-12/h3-5,7,16H,1-2,6,15H2. The second kappa shape index (κ2) is 5.60. The van der Waals surface area contributed by atoms with Crippen LogP contribution in [0.5, 0.6) is 5.75 Å². The third kappa shape index (κ3) is 3.08. The first-order valence-electron chi connectivity index (χ1n) is 6.23. The molecular weight excluding hydrogens is 376 g/mol. The molecule has 5 nitrogen and oxygen atoms in total. The van der Waals surface area contributed by atoms with E-state index in [1.807, 2.05) is 12.1 Å². The van der Waals surface area contributed by atoms with E-state index in [9.17, 15) is 8.42 Å². The van der Waals surface area contributed by atoms with Crippen LogP contribution in [-0.4, -0.2) is 15.0 Å². The molecule has 0 saturated heterocycles. The summed E-state index contributed by atoms with van der Waals surface area (Å²) in [5.74, 6) is 0.784. The highest BCUT2D eigenvalue weighted by Crippen LogP contribution is 2.33. The van der Waals surface area contributed by atoms with Gasteiger partial charge in [0.1, 0.15) is 9.96 Å². The van der Waals surface area contributed by atoms with Gasteiger partial charge in [-0.25, -0.2) is 13.1 Å². The van der Waals surface area contributed by atoms with E-state index in [0.29, 0.717) is 12.3 Å². The number of nitrogens with one attached hydrogen (secondary N) is 1. The zero-order valence-corrected chi connectivity index (χ0v) is 14.1. The molecule has 0 radical (unpaired) electrons. The van der Waals surface area contributed by atoms with Crippen LogP contribution in [0.1, 0.15) is 11.1 Å². The number of anilines is 1. The van der Waals surface area contributed by atoms with Crippen LogP contribution in [0.4, 0.5) is 5.69 Å². The number of nitrogen functional groups attached to an aromatic ring is 1. The van der Waals surface area contributed by atoms with Crippen molar-refractivity contribution in [2.45, 2.75) is 17.2 Å². The zero-order chi connectivity index (χ0) is 15.0. The lowest BCUT2D eigenvalue weighted by Crippen LogP contribution is -2.22. The summed E-state index contributed by atoms with van der Waals surface area (Å²) in [6.07, 6.45) is 0.843. The van der Waals surface area contributed by atoms with Gasteiger partial charge >= 0.3 is 0 Å². The number of fused-ring (bicyclic) bond motifs is 1. The van der Waals surface area contributed by atoms with E-state index >= 15 is 0 Å². The van der Waals surface area contributed by atoms with Gasteiger partial charge in [0, 0.05) is 34.1 Å². The molecule has 3 rings (SSSR count). The van der Waals surface area contributed by atoms with Gasteiger partial charge in [0.15, 0.2) is 0 Å². The summed E-state index contributed by atoms with van der Waals surface area (Å²) in [6.45, 7) is 0.814. The van der Waals surface area contributed by atoms with Crippen LogP contribution >= 0.6 is 27.3 Å². The van der Waals surface area contributed by atoms with Crippen molar-refractivity contribution in [1.29, 1.82) is 0 Å². The summed E-state index contributed by atoms with van der Waals surface area (Å²) >= 11 is 4.54. The Morgan fingerprint density at radius 2 is 2.19 bits per heavy atom. The summed E-state index contributed by atoms with van der Waals surface area (Å²) in [5.41, 5.74) is 7.94. The van der Waals surface area contributed by atoms with E-state index in [1.54, 1.807) is 5.38 Å². The second-order valence-electron chi connectivity index (χ2n) is 4.68. The molecule has 8 heteroatoms. The molecular formula is C13H13BrN2O3S2. The largest absolute Gasteiger partial charge is 0.493 e. The van der Waals surface area contributed by atoms with E-state index in [2.05, 4.69) is 20.7 Å². The Kier molecular flexibility index (Phi) is 3.96. The number of benzene rings is 1. The van der Waals surface area contributed by atoms with E-state index in [4.69, 9.17) is 10.5 Å². The van der Waals surface area contributed by atoms with E-state index < -0.39 is 10.0 Å². The monoisotopic (exact) mass is 388 g/mol. The summed E-state index contributed by atoms with van der Waals surface area (Å²) in [7, 11) is -3.55. The van der Waals surface area contributed by atoms with Gasteiger partial charge in [-0.15, -0.1) is 11.3 Å². The molecule has 1 aliphatic rings. The van der Waals surface area contributed by atoms with Gasteiger partial charge in [-0.05, 0) is 23.8 Å². The molecule has 0 fully saturated rings. The predicted molar refractivity (Wildman–Crippen MR) is 86.1 cm³/mol. The molecule has 0 saturated carbocycles. The van der Waals surface area contributed by atoms with Gasteiger partial charge in [-0.2, -0.15) is 0 Å². The maximum absolute atomic E-state index is 12.2. The molecule has 21 heavy (non-hydrogen) atoms. The lowest BCUT2D eigenvalue weighted by atomic mass is 10.1. The number of nitrogens with two attached hydrogens (primary N) is 1. The van der Waals surface area contributed by atoms with Crippen molar-refractivity contribution in [3.8, 4) is 5.75 Å². The maximum Gasteiger partial charge on any atom is 0.250 e. The molecule has 0 spiro atoms. The van der Waals surface area contributed by atoms with Gasteiger partial charge in [0.05, 0.1) is 6.61 Å². The van der Waals surface area contributed by atoms with Gasteiger partial charge in [-0.1, -0.05) is 15.9 Å². The van der Waals surface area contributed by atoms with Crippen molar-refractivity contribution >= 4 is 43.0 Å². The van der Waals surface area contributed by atoms with Crippen molar-refractivity contribution < 1.29 is 13.2 Å². The molecule has 0 amide bonds. The Morgan fingerprint density at radius 1 is 1.38 bits per heavy atom. The van der Waals surface area contributed by atoms with Crippen molar-refractivity contribution in [1.82, 2.24) is 4.72 Å². The number of rotatable bonds is 4. The summed E-state index contributed by atoms with van der Waals surface area (Å²) < 4.78 is 33.7. The molecule has 0 unspecified atom stereocenters. The van der Waals surface area contributed by atoms with Crippen molar-refractivity contribution in [2.75, 3.05) is 12.3 Å². The fourth-order valence-corrected chi connectivity index (χ4v) is 4.88. The molecule has 3 N–H and O–H groups in total. The Balaban J connectivity index is 1.82. The van der Waals surface area contributed by atoms with E-state index in [0.717, 1.165) is 39.1 Å². The number of sulfonamides is 1. The Morgan fingerprint density at radius 3 is 2.90 bits per heavy atom. The van der Waals surface area contributed by atoms with Crippen LogP contribution in [0.2, 0.25) is 0 Å². The molecule has 112 valence electrons. The SMILES string of the molecule is Nc1csc(S(=O)(=O)NCc2cc(Br)cc3c2OCC3)c1. The average Bonchev–Trinajstić information content (AvgIpc) is 3.04. The van der Waals surface area contributed by atoms with Crippen molar-refractivity contribution in [2.24, 2.45) is 0 Å². The normalized spacial score (nSPS) is 14.0. The molecule has 0 aliphatic carbocycles. The molecule has 2 heterocycles. The maximum atomic E-state index is 12.2. The van der Waals surface area contributed by atoms with Crippen LogP contribution in [0.25, 0.3) is 0 Å². The molecule has 1 aromatic heterocycles. The van der Waals surface area contributed by atoms with Crippen LogP contribution in [-0.2, 0) is 23.0 Å². The molecule has 2 aromatic rings. The van der Waals surface area contributed by atoms with Crippen LogP contribution in [0.3, 0.4) is 0 Å². The summed E-state index contributed by atoms with van der Waals surface area (Å²) in [4.78, 5) is 0. The van der Waals surface area contributed by atoms with Crippen LogP contribution in [0.15, 0.2) is 32.3 Å². The smallest absolute Gasteiger partial charge is 0.250 e. The van der Waals surface area contributed by atoms with Gasteiger partial charge < -0.3 is 10.5 Å². The lowest BCUT2D eigenvalue weighted by Gasteiger charge is -2.10. The Bertz CT molecular complexity index is 787. The highest BCUT2D eigenvalue weighted by molar-refractivity contribution is 9.10. The third-order valence-electron chi connectivity index (χ3n) is 3.14. The number of thiophene rings is 1. The molecule has 1 aliphatic heterocycles. The predicted octanol–water partition coefficient (Wildman–Crippen LogP) is 2.51. The average molecular weight is 389 g/mol. The van der Waals surface area contributed by atoms with Crippen LogP contribution < -0.4 is 15.2 Å². The third-order valence-corrected chi connectivity index (χ3v) is 6.46. The zero-order valence-electron chi connectivity index (χ0n) is 10.9. The number of hydrogen-bond donors (Lipinski definition) is 2. The van der Waals surface area contributed by atoms with Gasteiger partial charge in [0.25, 0.3) is 0 Å². The first kappa shape index (κ1) is 14.8. The minimum absolute atomic E-state index is 0.182. The number of hydrogen-bond acceptors (Lipinski definition) is 5. The Labute approximate surface area is 135 Å². The van der Waals surface area contributed by atoms with Crippen molar-refractivity contribution in [3.63, 3.8) is 0 Å². The summed E-state index contributed by atoms with van der Waals surface area (Å²) in [6, 6.07) is 5.32. The quantitative estimate of drug-likeness (QED) is 0.842. The lowest BCUT2D eigenvalue weighted by molar-refractivity contribution is 0.353. The van der Waals surface area contributed by atoms with E-state index in [-0.39, 0.29) is 10.8 Å². The highest BCUT2D eigenvalue weighted by atomic mass is 79.9. The minimum atomic E-state index is -3.55. The minimum Gasteiger partial charge on any atom is -0.493 e. The first-order valence-corrected chi connectivity index (χ1v) is 9.39. The van der Waals surface area contributed by atoms with Gasteiger partial charge in [-0.3, -0.25) is 0 Å². The van der Waals surface area contributed by atoms with Gasteiger partial charge in [0.2, 0.25) is 10.0 Å². The number of ether oxygens (including phenoxy) is 1. The Hall–Kier alpha value is -1.09. The fourth-order valence-electron chi connectivity index (χ4n) is 2.19. The highest BCUT2D eigenvalue weighted by Gasteiger charge is 2.20. The number of halogens is 1. The van der Waals surface area contributed by atoms with Crippen LogP contribution in [0, 0.1) is 0 Å². The molecule has 0 bridgehead atoms. The first-order chi connectivity index (χ1) is 9.95. The molecule has 0 atom stereocenters. The van der Waals surface area contributed by atoms with E-state index in [1.165, 1.54) is 6.07 Å². The topological polar surface area (TPSA) is 81.4 Å².